The van der Waals surface area contributed by atoms with Crippen LogP contribution in [0.15, 0.2) is 48.5 Å². The molecule has 7 heteroatoms. The molecule has 26 heavy (non-hydrogen) atoms. The normalized spacial score (nSPS) is 14.2. The SMILES string of the molecule is O=C(OCC(=O)N1CCN(c2cccc(Cl)c2)CC1)c1cccc(Cl)c1. The van der Waals surface area contributed by atoms with Crippen LogP contribution in [0, 0.1) is 0 Å². The smallest absolute Gasteiger partial charge is 0.338 e. The minimum absolute atomic E-state index is 0.203. The molecule has 0 bridgehead atoms. The molecule has 1 heterocycles. The summed E-state index contributed by atoms with van der Waals surface area (Å²) < 4.78 is 5.11. The van der Waals surface area contributed by atoms with E-state index < -0.39 is 5.97 Å². The van der Waals surface area contributed by atoms with Gasteiger partial charge in [0.15, 0.2) is 6.61 Å². The Morgan fingerprint density at radius 2 is 1.58 bits per heavy atom. The van der Waals surface area contributed by atoms with Crippen LogP contribution in [0.3, 0.4) is 0 Å². The molecule has 1 fully saturated rings. The van der Waals surface area contributed by atoms with E-state index in [1.807, 2.05) is 24.3 Å². The predicted molar refractivity (Wildman–Crippen MR) is 102 cm³/mol. The number of piperazine rings is 1. The first-order chi connectivity index (χ1) is 12.5. The Balaban J connectivity index is 1.48. The number of carbonyl (C=O) groups is 2. The fraction of sp³-hybridized carbons (Fsp3) is 0.263. The minimum atomic E-state index is -0.557. The lowest BCUT2D eigenvalue weighted by Gasteiger charge is -2.36. The summed E-state index contributed by atoms with van der Waals surface area (Å²) in [5, 5.41) is 1.14. The van der Waals surface area contributed by atoms with Crippen LogP contribution in [0.4, 0.5) is 5.69 Å². The number of benzene rings is 2. The van der Waals surface area contributed by atoms with Gasteiger partial charge in [-0.2, -0.15) is 0 Å². The second-order valence-electron chi connectivity index (χ2n) is 5.93. The van der Waals surface area contributed by atoms with Gasteiger partial charge in [0.25, 0.3) is 5.91 Å². The summed E-state index contributed by atoms with van der Waals surface area (Å²) in [6.07, 6.45) is 0. The molecule has 0 aliphatic carbocycles. The number of anilines is 1. The number of esters is 1. The number of hydrogen-bond acceptors (Lipinski definition) is 4. The summed E-state index contributed by atoms with van der Waals surface area (Å²) in [5.74, 6) is -0.760. The molecule has 5 nitrogen and oxygen atoms in total. The zero-order valence-electron chi connectivity index (χ0n) is 14.0. The molecule has 0 unspecified atom stereocenters. The van der Waals surface area contributed by atoms with Gasteiger partial charge in [-0.25, -0.2) is 4.79 Å². The first kappa shape index (κ1) is 18.5. The molecule has 0 N–H and O–H groups in total. The Bertz CT molecular complexity index is 805. The van der Waals surface area contributed by atoms with E-state index in [1.165, 1.54) is 6.07 Å². The average molecular weight is 393 g/mol. The monoisotopic (exact) mass is 392 g/mol. The van der Waals surface area contributed by atoms with Gasteiger partial charge in [-0.3, -0.25) is 4.79 Å². The van der Waals surface area contributed by atoms with Crippen molar-refractivity contribution >= 4 is 40.8 Å². The first-order valence-corrected chi connectivity index (χ1v) is 8.99. The van der Waals surface area contributed by atoms with E-state index in [-0.39, 0.29) is 12.5 Å². The maximum Gasteiger partial charge on any atom is 0.338 e. The second-order valence-corrected chi connectivity index (χ2v) is 6.81. The van der Waals surface area contributed by atoms with Gasteiger partial charge in [0.05, 0.1) is 5.56 Å². The van der Waals surface area contributed by atoms with Gasteiger partial charge >= 0.3 is 5.97 Å². The van der Waals surface area contributed by atoms with Crippen molar-refractivity contribution in [2.24, 2.45) is 0 Å². The fourth-order valence-electron chi connectivity index (χ4n) is 2.80. The highest BCUT2D eigenvalue weighted by Gasteiger charge is 2.22. The van der Waals surface area contributed by atoms with E-state index >= 15 is 0 Å². The Labute approximate surface area is 162 Å². The van der Waals surface area contributed by atoms with Gasteiger partial charge in [0.2, 0.25) is 0 Å². The van der Waals surface area contributed by atoms with Gasteiger partial charge in [-0.1, -0.05) is 35.3 Å². The Hall–Kier alpha value is -2.24. The lowest BCUT2D eigenvalue weighted by Crippen LogP contribution is -2.49. The number of ether oxygens (including phenoxy) is 1. The molecule has 0 saturated carbocycles. The highest BCUT2D eigenvalue weighted by molar-refractivity contribution is 6.31. The van der Waals surface area contributed by atoms with E-state index in [4.69, 9.17) is 27.9 Å². The zero-order valence-corrected chi connectivity index (χ0v) is 15.5. The number of halogens is 2. The number of carbonyl (C=O) groups excluding carboxylic acids is 2. The van der Waals surface area contributed by atoms with E-state index in [2.05, 4.69) is 4.90 Å². The van der Waals surface area contributed by atoms with Crippen LogP contribution in [0.1, 0.15) is 10.4 Å². The van der Waals surface area contributed by atoms with Crippen LogP contribution < -0.4 is 4.90 Å². The molecule has 1 saturated heterocycles. The molecule has 2 aromatic carbocycles. The minimum Gasteiger partial charge on any atom is -0.452 e. The van der Waals surface area contributed by atoms with Crippen molar-refractivity contribution in [2.45, 2.75) is 0 Å². The van der Waals surface area contributed by atoms with Gasteiger partial charge in [-0.05, 0) is 36.4 Å². The third kappa shape index (κ3) is 4.68. The standard InChI is InChI=1S/C19H18Cl2N2O3/c20-15-4-1-3-14(11-15)19(25)26-13-18(24)23-9-7-22(8-10-23)17-6-2-5-16(21)12-17/h1-6,11-12H,7-10,13H2. The summed E-state index contributed by atoms with van der Waals surface area (Å²) in [6, 6.07) is 14.1. The molecule has 136 valence electrons. The molecular formula is C19H18Cl2N2O3. The topological polar surface area (TPSA) is 49.9 Å². The highest BCUT2D eigenvalue weighted by atomic mass is 35.5. The molecule has 1 aliphatic rings. The lowest BCUT2D eigenvalue weighted by molar-refractivity contribution is -0.134. The molecule has 0 aromatic heterocycles. The summed E-state index contributed by atoms with van der Waals surface area (Å²) >= 11 is 11.9. The van der Waals surface area contributed by atoms with Crippen molar-refractivity contribution in [3.8, 4) is 0 Å². The van der Waals surface area contributed by atoms with Gasteiger partial charge in [-0.15, -0.1) is 0 Å². The van der Waals surface area contributed by atoms with Gasteiger partial charge in [0.1, 0.15) is 0 Å². The molecule has 0 spiro atoms. The summed E-state index contributed by atoms with van der Waals surface area (Å²) in [5.41, 5.74) is 1.37. The molecule has 3 rings (SSSR count). The molecule has 1 amide bonds. The first-order valence-electron chi connectivity index (χ1n) is 8.24. The number of amides is 1. The zero-order chi connectivity index (χ0) is 18.5. The third-order valence-corrected chi connectivity index (χ3v) is 4.66. The molecule has 0 radical (unpaired) electrons. The Morgan fingerprint density at radius 3 is 2.23 bits per heavy atom. The van der Waals surface area contributed by atoms with Gasteiger partial charge < -0.3 is 14.5 Å². The van der Waals surface area contributed by atoms with Crippen LogP contribution in [-0.4, -0.2) is 49.6 Å². The fourth-order valence-corrected chi connectivity index (χ4v) is 3.18. The summed E-state index contributed by atoms with van der Waals surface area (Å²) in [7, 11) is 0. The van der Waals surface area contributed by atoms with Gasteiger partial charge in [0, 0.05) is 41.9 Å². The van der Waals surface area contributed by atoms with Crippen LogP contribution in [-0.2, 0) is 9.53 Å². The molecular weight excluding hydrogens is 375 g/mol. The second kappa shape index (κ2) is 8.43. The number of rotatable bonds is 4. The highest BCUT2D eigenvalue weighted by Crippen LogP contribution is 2.20. The summed E-state index contributed by atoms with van der Waals surface area (Å²) in [4.78, 5) is 28.1. The maximum absolute atomic E-state index is 12.3. The van der Waals surface area contributed by atoms with E-state index in [1.54, 1.807) is 23.1 Å². The molecule has 0 atom stereocenters. The van der Waals surface area contributed by atoms with Crippen molar-refractivity contribution in [2.75, 3.05) is 37.7 Å². The van der Waals surface area contributed by atoms with E-state index in [9.17, 15) is 9.59 Å². The average Bonchev–Trinajstić information content (AvgIpc) is 2.66. The van der Waals surface area contributed by atoms with E-state index in [0.717, 1.165) is 5.69 Å². The predicted octanol–water partition coefficient (Wildman–Crippen LogP) is 3.50. The van der Waals surface area contributed by atoms with Crippen LogP contribution >= 0.6 is 23.2 Å². The van der Waals surface area contributed by atoms with Crippen LogP contribution in [0.25, 0.3) is 0 Å². The largest absolute Gasteiger partial charge is 0.452 e. The van der Waals surface area contributed by atoms with E-state index in [0.29, 0.717) is 41.8 Å². The van der Waals surface area contributed by atoms with Crippen molar-refractivity contribution in [1.29, 1.82) is 0 Å². The van der Waals surface area contributed by atoms with Crippen LogP contribution in [0.2, 0.25) is 10.0 Å². The maximum atomic E-state index is 12.3. The molecule has 1 aliphatic heterocycles. The third-order valence-electron chi connectivity index (χ3n) is 4.19. The quantitative estimate of drug-likeness (QED) is 0.747. The van der Waals surface area contributed by atoms with Crippen molar-refractivity contribution in [3.63, 3.8) is 0 Å². The van der Waals surface area contributed by atoms with Crippen molar-refractivity contribution in [1.82, 2.24) is 4.90 Å². The number of nitrogens with zero attached hydrogens (tertiary/aromatic N) is 2. The summed E-state index contributed by atoms with van der Waals surface area (Å²) in [6.45, 7) is 2.27. The Morgan fingerprint density at radius 1 is 0.923 bits per heavy atom. The van der Waals surface area contributed by atoms with Crippen molar-refractivity contribution < 1.29 is 14.3 Å². The van der Waals surface area contributed by atoms with Crippen LogP contribution in [0.5, 0.6) is 0 Å². The molecule has 2 aromatic rings. The lowest BCUT2D eigenvalue weighted by atomic mass is 10.2. The Kier molecular flexibility index (Phi) is 6.01. The van der Waals surface area contributed by atoms with Crippen molar-refractivity contribution in [3.05, 3.63) is 64.1 Å². The number of hydrogen-bond donors (Lipinski definition) is 0.